The lowest BCUT2D eigenvalue weighted by molar-refractivity contribution is 0.199. The van der Waals surface area contributed by atoms with E-state index in [1.807, 2.05) is 12.1 Å². The fourth-order valence-corrected chi connectivity index (χ4v) is 1.99. The van der Waals surface area contributed by atoms with Crippen molar-refractivity contribution >= 4 is 15.9 Å². The van der Waals surface area contributed by atoms with Gasteiger partial charge < -0.3 is 14.8 Å². The van der Waals surface area contributed by atoms with Crippen molar-refractivity contribution in [3.63, 3.8) is 0 Å². The van der Waals surface area contributed by atoms with Gasteiger partial charge in [-0.25, -0.2) is 0 Å². The van der Waals surface area contributed by atoms with Crippen LogP contribution in [0.25, 0.3) is 0 Å². The number of ether oxygens (including phenoxy) is 2. The number of terminal acetylenes is 1. The third-order valence-electron chi connectivity index (χ3n) is 2.54. The number of methoxy groups -OCH3 is 1. The molecular formula is C15H20BrNO2. The SMILES string of the molecule is C#CCCCOc1ccc(Br)cc1CNCCOC. The van der Waals surface area contributed by atoms with E-state index in [9.17, 15) is 0 Å². The second-order valence-electron chi connectivity index (χ2n) is 4.08. The van der Waals surface area contributed by atoms with Gasteiger partial charge in [-0.15, -0.1) is 12.3 Å². The smallest absolute Gasteiger partial charge is 0.123 e. The van der Waals surface area contributed by atoms with Gasteiger partial charge in [0.2, 0.25) is 0 Å². The first-order chi connectivity index (χ1) is 9.27. The molecular weight excluding hydrogens is 306 g/mol. The van der Waals surface area contributed by atoms with E-state index in [2.05, 4.69) is 33.2 Å². The van der Waals surface area contributed by atoms with E-state index in [4.69, 9.17) is 15.9 Å². The molecule has 3 nitrogen and oxygen atoms in total. The Morgan fingerprint density at radius 1 is 1.37 bits per heavy atom. The summed E-state index contributed by atoms with van der Waals surface area (Å²) in [5.74, 6) is 3.52. The number of halogens is 1. The number of hydrogen-bond acceptors (Lipinski definition) is 3. The Morgan fingerprint density at radius 2 is 2.21 bits per heavy atom. The van der Waals surface area contributed by atoms with Gasteiger partial charge in [0.1, 0.15) is 5.75 Å². The summed E-state index contributed by atoms with van der Waals surface area (Å²) in [7, 11) is 1.70. The largest absolute Gasteiger partial charge is 0.493 e. The molecule has 0 unspecified atom stereocenters. The van der Waals surface area contributed by atoms with Crippen molar-refractivity contribution in [2.75, 3.05) is 26.9 Å². The molecule has 1 aromatic rings. The van der Waals surface area contributed by atoms with Crippen LogP contribution in [0.3, 0.4) is 0 Å². The van der Waals surface area contributed by atoms with Crippen LogP contribution in [0.15, 0.2) is 22.7 Å². The first kappa shape index (κ1) is 16.0. The molecule has 1 rings (SSSR count). The third-order valence-corrected chi connectivity index (χ3v) is 3.04. The molecule has 0 aliphatic rings. The van der Waals surface area contributed by atoms with E-state index < -0.39 is 0 Å². The van der Waals surface area contributed by atoms with Gasteiger partial charge in [0, 0.05) is 36.7 Å². The van der Waals surface area contributed by atoms with Crippen molar-refractivity contribution in [2.24, 2.45) is 0 Å². The highest BCUT2D eigenvalue weighted by Crippen LogP contribution is 2.23. The number of unbranched alkanes of at least 4 members (excludes halogenated alkanes) is 1. The predicted octanol–water partition coefficient (Wildman–Crippen LogP) is 2.98. The second kappa shape index (κ2) is 9.85. The lowest BCUT2D eigenvalue weighted by Gasteiger charge is -2.12. The van der Waals surface area contributed by atoms with Gasteiger partial charge >= 0.3 is 0 Å². The van der Waals surface area contributed by atoms with Crippen LogP contribution in [-0.2, 0) is 11.3 Å². The maximum Gasteiger partial charge on any atom is 0.123 e. The summed E-state index contributed by atoms with van der Waals surface area (Å²) in [6, 6.07) is 6.03. The molecule has 0 spiro atoms. The van der Waals surface area contributed by atoms with Crippen LogP contribution < -0.4 is 10.1 Å². The number of rotatable bonds is 9. The Balaban J connectivity index is 2.51. The summed E-state index contributed by atoms with van der Waals surface area (Å²) in [5.41, 5.74) is 1.13. The molecule has 0 atom stereocenters. The molecule has 0 radical (unpaired) electrons. The number of benzene rings is 1. The van der Waals surface area contributed by atoms with Crippen molar-refractivity contribution in [3.05, 3.63) is 28.2 Å². The van der Waals surface area contributed by atoms with E-state index in [1.165, 1.54) is 0 Å². The van der Waals surface area contributed by atoms with Gasteiger partial charge in [-0.1, -0.05) is 15.9 Å². The Hall–Kier alpha value is -1.02. The minimum atomic E-state index is 0.650. The highest BCUT2D eigenvalue weighted by Gasteiger charge is 2.04. The molecule has 104 valence electrons. The Labute approximate surface area is 123 Å². The van der Waals surface area contributed by atoms with Gasteiger partial charge in [-0.3, -0.25) is 0 Å². The Kier molecular flexibility index (Phi) is 8.31. The minimum absolute atomic E-state index is 0.650. The van der Waals surface area contributed by atoms with E-state index in [1.54, 1.807) is 7.11 Å². The maximum absolute atomic E-state index is 5.76. The maximum atomic E-state index is 5.76. The monoisotopic (exact) mass is 325 g/mol. The molecule has 0 saturated carbocycles. The molecule has 0 amide bonds. The van der Waals surface area contributed by atoms with Crippen molar-refractivity contribution in [2.45, 2.75) is 19.4 Å². The van der Waals surface area contributed by atoms with Crippen LogP contribution in [0.1, 0.15) is 18.4 Å². The fourth-order valence-electron chi connectivity index (χ4n) is 1.58. The van der Waals surface area contributed by atoms with Gasteiger partial charge in [0.25, 0.3) is 0 Å². The normalized spacial score (nSPS) is 10.2. The van der Waals surface area contributed by atoms with E-state index in [0.29, 0.717) is 13.2 Å². The highest BCUT2D eigenvalue weighted by atomic mass is 79.9. The Bertz CT molecular complexity index is 415. The molecule has 0 aliphatic heterocycles. The van der Waals surface area contributed by atoms with Crippen molar-refractivity contribution in [1.82, 2.24) is 5.32 Å². The van der Waals surface area contributed by atoms with Crippen LogP contribution in [0.2, 0.25) is 0 Å². The van der Waals surface area contributed by atoms with Gasteiger partial charge in [-0.05, 0) is 24.6 Å². The molecule has 1 N–H and O–H groups in total. The molecule has 0 heterocycles. The molecule has 1 aromatic carbocycles. The third kappa shape index (κ3) is 6.63. The molecule has 0 fully saturated rings. The Morgan fingerprint density at radius 3 is 2.95 bits per heavy atom. The van der Waals surface area contributed by atoms with Gasteiger partial charge in [0.15, 0.2) is 0 Å². The molecule has 0 saturated heterocycles. The van der Waals surface area contributed by atoms with Crippen LogP contribution in [0, 0.1) is 12.3 Å². The van der Waals surface area contributed by atoms with E-state index in [-0.39, 0.29) is 0 Å². The first-order valence-electron chi connectivity index (χ1n) is 6.32. The van der Waals surface area contributed by atoms with Gasteiger partial charge in [-0.2, -0.15) is 0 Å². The van der Waals surface area contributed by atoms with Crippen LogP contribution >= 0.6 is 15.9 Å². The van der Waals surface area contributed by atoms with Crippen molar-refractivity contribution in [1.29, 1.82) is 0 Å². The summed E-state index contributed by atoms with van der Waals surface area (Å²) >= 11 is 3.48. The first-order valence-corrected chi connectivity index (χ1v) is 7.11. The fraction of sp³-hybridized carbons (Fsp3) is 0.467. The zero-order valence-corrected chi connectivity index (χ0v) is 12.8. The molecule has 0 aromatic heterocycles. The highest BCUT2D eigenvalue weighted by molar-refractivity contribution is 9.10. The lowest BCUT2D eigenvalue weighted by atomic mass is 10.2. The predicted molar refractivity (Wildman–Crippen MR) is 81.3 cm³/mol. The average Bonchev–Trinajstić information content (AvgIpc) is 2.41. The summed E-state index contributed by atoms with van der Waals surface area (Å²) in [4.78, 5) is 0. The number of nitrogens with one attached hydrogen (secondary N) is 1. The molecule has 0 aliphatic carbocycles. The van der Waals surface area contributed by atoms with E-state index >= 15 is 0 Å². The quantitative estimate of drug-likeness (QED) is 0.559. The average molecular weight is 326 g/mol. The minimum Gasteiger partial charge on any atom is -0.493 e. The number of hydrogen-bond donors (Lipinski definition) is 1. The summed E-state index contributed by atoms with van der Waals surface area (Å²) in [5, 5.41) is 3.31. The second-order valence-corrected chi connectivity index (χ2v) is 4.99. The molecule has 19 heavy (non-hydrogen) atoms. The van der Waals surface area contributed by atoms with E-state index in [0.717, 1.165) is 41.7 Å². The van der Waals surface area contributed by atoms with Crippen LogP contribution in [0.5, 0.6) is 5.75 Å². The summed E-state index contributed by atoms with van der Waals surface area (Å²) < 4.78 is 11.8. The van der Waals surface area contributed by atoms with Crippen molar-refractivity contribution < 1.29 is 9.47 Å². The van der Waals surface area contributed by atoms with Crippen molar-refractivity contribution in [3.8, 4) is 18.1 Å². The topological polar surface area (TPSA) is 30.5 Å². The zero-order valence-electron chi connectivity index (χ0n) is 11.2. The summed E-state index contributed by atoms with van der Waals surface area (Å²) in [6.45, 7) is 2.93. The summed E-state index contributed by atoms with van der Waals surface area (Å²) in [6.07, 6.45) is 6.84. The van der Waals surface area contributed by atoms with Crippen LogP contribution in [0.4, 0.5) is 0 Å². The standard InChI is InChI=1S/C15H20BrNO2/c1-3-4-5-9-19-15-7-6-14(16)11-13(15)12-17-8-10-18-2/h1,6-7,11,17H,4-5,8-10,12H2,2H3. The lowest BCUT2D eigenvalue weighted by Crippen LogP contribution is -2.19. The molecule has 0 bridgehead atoms. The molecule has 4 heteroatoms. The zero-order chi connectivity index (χ0) is 13.9. The van der Waals surface area contributed by atoms with Gasteiger partial charge in [0.05, 0.1) is 13.2 Å². The van der Waals surface area contributed by atoms with Crippen LogP contribution in [-0.4, -0.2) is 26.9 Å².